The quantitative estimate of drug-likeness (QED) is 0.336. The van der Waals surface area contributed by atoms with Crippen molar-refractivity contribution in [3.63, 3.8) is 0 Å². The van der Waals surface area contributed by atoms with Crippen molar-refractivity contribution in [1.29, 1.82) is 0 Å². The maximum Gasteiger partial charge on any atom is 0.418 e. The summed E-state index contributed by atoms with van der Waals surface area (Å²) in [5.74, 6) is 8.25. The SMILES string of the molecule is O=C(NSNCCOCCO)OC[C@@H]1[C@@H]2CCC#CCC[C@@H]21. The zero-order valence-electron chi connectivity index (χ0n) is 12.7. The number of carbonyl (C=O) groups is 1. The van der Waals surface area contributed by atoms with Gasteiger partial charge in [-0.05, 0) is 30.6 Å². The fraction of sp³-hybridized carbons (Fsp3) is 0.800. The number of aliphatic hydroxyl groups is 1. The summed E-state index contributed by atoms with van der Waals surface area (Å²) in [4.78, 5) is 11.6. The van der Waals surface area contributed by atoms with Crippen LogP contribution in [0.15, 0.2) is 0 Å². The Morgan fingerprint density at radius 3 is 2.64 bits per heavy atom. The van der Waals surface area contributed by atoms with Gasteiger partial charge >= 0.3 is 6.09 Å². The molecule has 124 valence electrons. The first-order valence-corrected chi connectivity index (χ1v) is 8.60. The zero-order chi connectivity index (χ0) is 15.6. The maximum absolute atomic E-state index is 11.6. The Labute approximate surface area is 136 Å². The van der Waals surface area contributed by atoms with Gasteiger partial charge in [-0.1, -0.05) is 0 Å². The molecule has 2 rings (SSSR count). The summed E-state index contributed by atoms with van der Waals surface area (Å²) in [6.07, 6.45) is 3.81. The average Bonchev–Trinajstić information content (AvgIpc) is 3.14. The molecule has 0 radical (unpaired) electrons. The van der Waals surface area contributed by atoms with Crippen molar-refractivity contribution < 1.29 is 19.4 Å². The minimum atomic E-state index is -0.413. The highest BCUT2D eigenvalue weighted by Crippen LogP contribution is 2.52. The molecular formula is C15H24N2O4S. The summed E-state index contributed by atoms with van der Waals surface area (Å²) >= 11 is 1.09. The van der Waals surface area contributed by atoms with E-state index in [1.54, 1.807) is 0 Å². The van der Waals surface area contributed by atoms with E-state index >= 15 is 0 Å². The van der Waals surface area contributed by atoms with E-state index in [1.165, 1.54) is 0 Å². The summed E-state index contributed by atoms with van der Waals surface area (Å²) in [5, 5.41) is 8.53. The molecule has 0 heterocycles. The number of nitrogens with one attached hydrogen (secondary N) is 2. The molecule has 0 saturated heterocycles. The molecule has 3 N–H and O–H groups in total. The Kier molecular flexibility index (Phi) is 7.88. The third-order valence-corrected chi connectivity index (χ3v) is 4.65. The van der Waals surface area contributed by atoms with Crippen LogP contribution < -0.4 is 9.44 Å². The number of hydrogen-bond donors (Lipinski definition) is 3. The molecule has 2 aliphatic rings. The van der Waals surface area contributed by atoms with E-state index in [0.717, 1.165) is 37.8 Å². The first-order valence-electron chi connectivity index (χ1n) is 7.78. The second kappa shape index (κ2) is 9.95. The highest BCUT2D eigenvalue weighted by atomic mass is 32.2. The number of hydrogen-bond acceptors (Lipinski definition) is 6. The van der Waals surface area contributed by atoms with Crippen molar-refractivity contribution in [2.45, 2.75) is 25.7 Å². The highest BCUT2D eigenvalue weighted by molar-refractivity contribution is 7.96. The van der Waals surface area contributed by atoms with Crippen LogP contribution in [0.3, 0.4) is 0 Å². The monoisotopic (exact) mass is 328 g/mol. The van der Waals surface area contributed by atoms with Crippen molar-refractivity contribution in [2.24, 2.45) is 17.8 Å². The van der Waals surface area contributed by atoms with Gasteiger partial charge in [-0.3, -0.25) is 4.72 Å². The summed E-state index contributed by atoms with van der Waals surface area (Å²) in [6.45, 7) is 1.92. The van der Waals surface area contributed by atoms with Gasteiger partial charge in [0.1, 0.15) is 0 Å². The molecule has 0 aromatic heterocycles. The van der Waals surface area contributed by atoms with Crippen molar-refractivity contribution >= 4 is 18.2 Å². The van der Waals surface area contributed by atoms with Crippen molar-refractivity contribution in [3.8, 4) is 11.8 Å². The lowest BCUT2D eigenvalue weighted by atomic mass is 10.1. The molecule has 0 aromatic carbocycles. The van der Waals surface area contributed by atoms with E-state index in [4.69, 9.17) is 14.6 Å². The molecule has 1 saturated carbocycles. The summed E-state index contributed by atoms with van der Waals surface area (Å²) in [6, 6.07) is 0. The molecule has 22 heavy (non-hydrogen) atoms. The normalized spacial score (nSPS) is 26.0. The molecule has 0 aliphatic heterocycles. The molecule has 0 unspecified atom stereocenters. The molecule has 1 fully saturated rings. The number of ether oxygens (including phenoxy) is 2. The number of fused-ring (bicyclic) bond motifs is 1. The van der Waals surface area contributed by atoms with Crippen LogP contribution in [0.1, 0.15) is 25.7 Å². The smallest absolute Gasteiger partial charge is 0.418 e. The van der Waals surface area contributed by atoms with E-state index in [9.17, 15) is 4.79 Å². The third-order valence-electron chi connectivity index (χ3n) is 4.04. The molecule has 1 amide bonds. The third kappa shape index (κ3) is 6.05. The lowest BCUT2D eigenvalue weighted by molar-refractivity contribution is 0.0964. The average molecular weight is 328 g/mol. The van der Waals surface area contributed by atoms with Gasteiger partial charge in [0.15, 0.2) is 0 Å². The standard InChI is InChI=1S/C15H24N2O4S/c18-8-10-20-9-7-16-22-17-15(19)21-11-14-12-5-3-1-2-4-6-13(12)14/h12-14,16,18H,3-11H2,(H,17,19)/t12-,13+,14-. The first kappa shape index (κ1) is 17.4. The topological polar surface area (TPSA) is 79.8 Å². The lowest BCUT2D eigenvalue weighted by Gasteiger charge is -2.07. The zero-order valence-corrected chi connectivity index (χ0v) is 13.5. The minimum absolute atomic E-state index is 0.0208. The number of aliphatic hydroxyl groups excluding tert-OH is 1. The molecule has 0 spiro atoms. The Morgan fingerprint density at radius 1 is 1.23 bits per heavy atom. The van der Waals surface area contributed by atoms with E-state index in [2.05, 4.69) is 21.3 Å². The van der Waals surface area contributed by atoms with Crippen molar-refractivity contribution in [3.05, 3.63) is 0 Å². The largest absolute Gasteiger partial charge is 0.449 e. The van der Waals surface area contributed by atoms with Gasteiger partial charge in [-0.25, -0.2) is 9.52 Å². The maximum atomic E-state index is 11.6. The van der Waals surface area contributed by atoms with Gasteiger partial charge in [0.25, 0.3) is 0 Å². The van der Waals surface area contributed by atoms with Gasteiger partial charge in [0.2, 0.25) is 0 Å². The van der Waals surface area contributed by atoms with Crippen LogP contribution in [0.4, 0.5) is 4.79 Å². The Bertz CT molecular complexity index is 392. The Balaban J connectivity index is 1.47. The van der Waals surface area contributed by atoms with Gasteiger partial charge < -0.3 is 14.6 Å². The summed E-state index contributed by atoms with van der Waals surface area (Å²) in [7, 11) is 0. The van der Waals surface area contributed by atoms with Crippen LogP contribution in [0.2, 0.25) is 0 Å². The van der Waals surface area contributed by atoms with Crippen LogP contribution in [-0.4, -0.2) is 44.2 Å². The van der Waals surface area contributed by atoms with E-state index in [0.29, 0.717) is 44.1 Å². The fourth-order valence-corrected chi connectivity index (χ4v) is 3.29. The Hall–Kier alpha value is -0.940. The predicted molar refractivity (Wildman–Crippen MR) is 84.7 cm³/mol. The molecule has 0 aromatic rings. The van der Waals surface area contributed by atoms with E-state index in [1.807, 2.05) is 0 Å². The van der Waals surface area contributed by atoms with Crippen LogP contribution in [0, 0.1) is 29.6 Å². The van der Waals surface area contributed by atoms with Gasteiger partial charge in [0, 0.05) is 31.5 Å². The number of carbonyl (C=O) groups excluding carboxylic acids is 1. The molecule has 2 aliphatic carbocycles. The van der Waals surface area contributed by atoms with Crippen LogP contribution in [-0.2, 0) is 9.47 Å². The summed E-state index contributed by atoms with van der Waals surface area (Å²) < 4.78 is 15.8. The van der Waals surface area contributed by atoms with Gasteiger partial charge in [0.05, 0.1) is 26.4 Å². The first-order chi connectivity index (χ1) is 10.8. The van der Waals surface area contributed by atoms with Crippen molar-refractivity contribution in [1.82, 2.24) is 9.44 Å². The van der Waals surface area contributed by atoms with Crippen LogP contribution in [0.5, 0.6) is 0 Å². The Morgan fingerprint density at radius 2 is 1.95 bits per heavy atom. The summed E-state index contributed by atoms with van der Waals surface area (Å²) in [5.41, 5.74) is 0. The second-order valence-corrected chi connectivity index (χ2v) is 6.15. The van der Waals surface area contributed by atoms with Gasteiger partial charge in [-0.2, -0.15) is 0 Å². The molecule has 6 nitrogen and oxygen atoms in total. The number of rotatable bonds is 9. The van der Waals surface area contributed by atoms with Gasteiger partial charge in [-0.15, -0.1) is 11.8 Å². The lowest BCUT2D eigenvalue weighted by Crippen LogP contribution is -2.25. The second-order valence-electron chi connectivity index (χ2n) is 5.46. The molecular weight excluding hydrogens is 304 g/mol. The van der Waals surface area contributed by atoms with Crippen molar-refractivity contribution in [2.75, 3.05) is 33.0 Å². The van der Waals surface area contributed by atoms with Crippen LogP contribution in [0.25, 0.3) is 0 Å². The van der Waals surface area contributed by atoms with Crippen LogP contribution >= 0.6 is 12.1 Å². The molecule has 0 bridgehead atoms. The molecule has 7 heteroatoms. The highest BCUT2D eigenvalue weighted by Gasteiger charge is 2.49. The minimum Gasteiger partial charge on any atom is -0.449 e. The fourth-order valence-electron chi connectivity index (χ4n) is 2.89. The van der Waals surface area contributed by atoms with E-state index < -0.39 is 6.09 Å². The molecule has 3 atom stereocenters. The predicted octanol–water partition coefficient (Wildman–Crippen LogP) is 1.31. The van der Waals surface area contributed by atoms with E-state index in [-0.39, 0.29) is 6.61 Å². The number of amides is 1.